The second-order valence-corrected chi connectivity index (χ2v) is 6.23. The monoisotopic (exact) mass is 314 g/mol. The van der Waals surface area contributed by atoms with Gasteiger partial charge in [-0.25, -0.2) is 0 Å². The summed E-state index contributed by atoms with van der Waals surface area (Å²) >= 11 is 0. The topological polar surface area (TPSA) is 58.1 Å². The molecule has 0 aliphatic carbocycles. The van der Waals surface area contributed by atoms with Crippen molar-refractivity contribution in [3.05, 3.63) is 0 Å². The van der Waals surface area contributed by atoms with Gasteiger partial charge in [0.05, 0.1) is 13.2 Å². The number of hydrogen-bond acceptors (Lipinski definition) is 4. The normalized spacial score (nSPS) is 23.3. The summed E-state index contributed by atoms with van der Waals surface area (Å²) in [5.41, 5.74) is 0. The lowest BCUT2D eigenvalue weighted by Crippen LogP contribution is -2.47. The fraction of sp³-hybridized carbons (Fsp3) is 0.938. The largest absolute Gasteiger partial charge is 0.382 e. The van der Waals surface area contributed by atoms with Crippen LogP contribution in [-0.4, -0.2) is 76.6 Å². The first-order valence-corrected chi connectivity index (χ1v) is 8.36. The van der Waals surface area contributed by atoms with Gasteiger partial charge in [0.25, 0.3) is 0 Å². The summed E-state index contributed by atoms with van der Waals surface area (Å²) in [5, 5.41) is 6.91. The Morgan fingerprint density at radius 3 is 2.64 bits per heavy atom. The minimum absolute atomic E-state index is 0.464. The molecule has 0 bridgehead atoms. The molecular weight excluding hydrogens is 280 g/mol. The molecule has 1 saturated heterocycles. The van der Waals surface area contributed by atoms with Crippen LogP contribution in [-0.2, 0) is 9.47 Å². The molecule has 0 aromatic rings. The SMILES string of the molecule is CN=C(NCCCOCCOC)NC1CN(C(C)C)CC1C. The van der Waals surface area contributed by atoms with Gasteiger partial charge in [-0.3, -0.25) is 9.89 Å². The molecule has 0 saturated carbocycles. The van der Waals surface area contributed by atoms with Crippen molar-refractivity contribution in [1.82, 2.24) is 15.5 Å². The van der Waals surface area contributed by atoms with E-state index >= 15 is 0 Å². The van der Waals surface area contributed by atoms with Gasteiger partial charge in [0.15, 0.2) is 5.96 Å². The number of guanidine groups is 1. The van der Waals surface area contributed by atoms with E-state index in [0.717, 1.165) is 38.6 Å². The fourth-order valence-corrected chi connectivity index (χ4v) is 2.61. The fourth-order valence-electron chi connectivity index (χ4n) is 2.61. The number of likely N-dealkylation sites (tertiary alicyclic amines) is 1. The van der Waals surface area contributed by atoms with Gasteiger partial charge in [0, 0.05) is 52.5 Å². The van der Waals surface area contributed by atoms with Crippen LogP contribution in [0.15, 0.2) is 4.99 Å². The number of hydrogen-bond donors (Lipinski definition) is 2. The number of rotatable bonds is 9. The molecule has 6 heteroatoms. The van der Waals surface area contributed by atoms with Crippen LogP contribution in [0.1, 0.15) is 27.2 Å². The Hall–Kier alpha value is -0.850. The quantitative estimate of drug-likeness (QED) is 0.377. The van der Waals surface area contributed by atoms with Crippen LogP contribution in [0.3, 0.4) is 0 Å². The predicted octanol–water partition coefficient (Wildman–Crippen LogP) is 0.933. The van der Waals surface area contributed by atoms with Gasteiger partial charge in [0.1, 0.15) is 0 Å². The molecule has 0 aromatic heterocycles. The Kier molecular flexibility index (Phi) is 9.43. The molecule has 6 nitrogen and oxygen atoms in total. The second-order valence-electron chi connectivity index (χ2n) is 6.23. The summed E-state index contributed by atoms with van der Waals surface area (Å²) in [6.07, 6.45) is 0.961. The van der Waals surface area contributed by atoms with Gasteiger partial charge >= 0.3 is 0 Å². The molecule has 2 unspecified atom stereocenters. The summed E-state index contributed by atoms with van der Waals surface area (Å²) in [7, 11) is 3.51. The second kappa shape index (κ2) is 10.8. The summed E-state index contributed by atoms with van der Waals surface area (Å²) in [4.78, 5) is 6.83. The van der Waals surface area contributed by atoms with Gasteiger partial charge in [-0.05, 0) is 26.2 Å². The lowest BCUT2D eigenvalue weighted by atomic mass is 10.1. The Morgan fingerprint density at radius 2 is 2.05 bits per heavy atom. The third-order valence-corrected chi connectivity index (χ3v) is 4.11. The predicted molar refractivity (Wildman–Crippen MR) is 91.5 cm³/mol. The molecule has 1 aliphatic rings. The number of nitrogens with zero attached hydrogens (tertiary/aromatic N) is 2. The standard InChI is InChI=1S/C16H34N4O2/c1-13(2)20-11-14(3)15(12-20)19-16(17-4)18-7-6-8-22-10-9-21-5/h13-15H,6-12H2,1-5H3,(H2,17,18,19). The molecule has 22 heavy (non-hydrogen) atoms. The molecule has 0 aromatic carbocycles. The molecule has 2 atom stereocenters. The van der Waals surface area contributed by atoms with Crippen molar-refractivity contribution in [3.63, 3.8) is 0 Å². The molecule has 1 aliphatic heterocycles. The molecule has 0 spiro atoms. The molecule has 1 fully saturated rings. The zero-order valence-electron chi connectivity index (χ0n) is 14.9. The zero-order chi connectivity index (χ0) is 16.4. The first kappa shape index (κ1) is 19.2. The van der Waals surface area contributed by atoms with Crippen molar-refractivity contribution in [2.45, 2.75) is 39.3 Å². The first-order chi connectivity index (χ1) is 10.6. The van der Waals surface area contributed by atoms with E-state index in [2.05, 4.69) is 41.3 Å². The van der Waals surface area contributed by atoms with Gasteiger partial charge in [-0.15, -0.1) is 0 Å². The summed E-state index contributed by atoms with van der Waals surface area (Å²) in [6, 6.07) is 1.07. The van der Waals surface area contributed by atoms with E-state index in [-0.39, 0.29) is 0 Å². The lowest BCUT2D eigenvalue weighted by molar-refractivity contribution is 0.0698. The highest BCUT2D eigenvalue weighted by Gasteiger charge is 2.31. The van der Waals surface area contributed by atoms with E-state index in [1.54, 1.807) is 7.11 Å². The molecule has 0 amide bonds. The number of methoxy groups -OCH3 is 1. The minimum Gasteiger partial charge on any atom is -0.382 e. The first-order valence-electron chi connectivity index (χ1n) is 8.36. The third-order valence-electron chi connectivity index (χ3n) is 4.11. The summed E-state index contributed by atoms with van der Waals surface area (Å²) < 4.78 is 10.4. The number of nitrogens with one attached hydrogen (secondary N) is 2. The Morgan fingerprint density at radius 1 is 1.27 bits per heavy atom. The highest BCUT2D eigenvalue weighted by Crippen LogP contribution is 2.18. The van der Waals surface area contributed by atoms with E-state index in [4.69, 9.17) is 9.47 Å². The van der Waals surface area contributed by atoms with Crippen LogP contribution in [0.2, 0.25) is 0 Å². The number of aliphatic imine (C=N–C) groups is 1. The maximum Gasteiger partial charge on any atom is 0.191 e. The van der Waals surface area contributed by atoms with Crippen LogP contribution < -0.4 is 10.6 Å². The van der Waals surface area contributed by atoms with Crippen LogP contribution in [0, 0.1) is 5.92 Å². The Labute approximate surface area is 135 Å². The van der Waals surface area contributed by atoms with Crippen LogP contribution in [0.25, 0.3) is 0 Å². The maximum atomic E-state index is 5.45. The van der Waals surface area contributed by atoms with E-state index in [1.165, 1.54) is 0 Å². The van der Waals surface area contributed by atoms with Crippen molar-refractivity contribution in [2.75, 3.05) is 53.6 Å². The minimum atomic E-state index is 0.464. The van der Waals surface area contributed by atoms with E-state index in [0.29, 0.717) is 31.2 Å². The smallest absolute Gasteiger partial charge is 0.191 e. The Balaban J connectivity index is 2.20. The highest BCUT2D eigenvalue weighted by molar-refractivity contribution is 5.80. The Bertz CT molecular complexity index is 323. The third kappa shape index (κ3) is 6.94. The van der Waals surface area contributed by atoms with Crippen molar-refractivity contribution >= 4 is 5.96 Å². The van der Waals surface area contributed by atoms with Crippen LogP contribution >= 0.6 is 0 Å². The highest BCUT2D eigenvalue weighted by atomic mass is 16.5. The van der Waals surface area contributed by atoms with Crippen LogP contribution in [0.4, 0.5) is 0 Å². The van der Waals surface area contributed by atoms with Crippen molar-refractivity contribution < 1.29 is 9.47 Å². The van der Waals surface area contributed by atoms with Crippen molar-refractivity contribution in [1.29, 1.82) is 0 Å². The van der Waals surface area contributed by atoms with E-state index in [1.807, 2.05) is 7.05 Å². The summed E-state index contributed by atoms with van der Waals surface area (Å²) in [5.74, 6) is 1.53. The van der Waals surface area contributed by atoms with Crippen molar-refractivity contribution in [2.24, 2.45) is 10.9 Å². The van der Waals surface area contributed by atoms with Crippen molar-refractivity contribution in [3.8, 4) is 0 Å². The molecule has 1 heterocycles. The van der Waals surface area contributed by atoms with E-state index < -0.39 is 0 Å². The molecule has 130 valence electrons. The zero-order valence-corrected chi connectivity index (χ0v) is 14.9. The average Bonchev–Trinajstić information content (AvgIpc) is 2.86. The van der Waals surface area contributed by atoms with E-state index in [9.17, 15) is 0 Å². The van der Waals surface area contributed by atoms with Gasteiger partial charge in [-0.2, -0.15) is 0 Å². The van der Waals surface area contributed by atoms with Gasteiger partial charge in [-0.1, -0.05) is 6.92 Å². The molecular formula is C16H34N4O2. The van der Waals surface area contributed by atoms with Crippen LogP contribution in [0.5, 0.6) is 0 Å². The maximum absolute atomic E-state index is 5.45. The summed E-state index contributed by atoms with van der Waals surface area (Å²) in [6.45, 7) is 12.0. The molecule has 1 rings (SSSR count). The van der Waals surface area contributed by atoms with Gasteiger partial charge < -0.3 is 20.1 Å². The molecule has 2 N–H and O–H groups in total. The lowest BCUT2D eigenvalue weighted by Gasteiger charge is -2.22. The molecule has 0 radical (unpaired) electrons. The average molecular weight is 314 g/mol. The number of ether oxygens (including phenoxy) is 2. The van der Waals surface area contributed by atoms with Gasteiger partial charge in [0.2, 0.25) is 0 Å².